The smallest absolute Gasteiger partial charge is 0.320 e. The van der Waals surface area contributed by atoms with Crippen molar-refractivity contribution in [3.8, 4) is 11.6 Å². The topological polar surface area (TPSA) is 107 Å². The van der Waals surface area contributed by atoms with Gasteiger partial charge in [-0.05, 0) is 17.7 Å². The minimum atomic E-state index is -0.367. The second kappa shape index (κ2) is 7.18. The molecule has 0 saturated carbocycles. The highest BCUT2D eigenvalue weighted by Gasteiger charge is 2.06. The molecule has 0 unspecified atom stereocenters. The monoisotopic (exact) mass is 325 g/mol. The summed E-state index contributed by atoms with van der Waals surface area (Å²) >= 11 is 0. The van der Waals surface area contributed by atoms with Crippen molar-refractivity contribution < 1.29 is 9.53 Å². The van der Waals surface area contributed by atoms with Gasteiger partial charge in [0, 0.05) is 12.6 Å². The summed E-state index contributed by atoms with van der Waals surface area (Å²) in [6.45, 7) is 0.386. The fraction of sp³-hybridized carbons (Fsp3) is 0.133. The molecule has 9 nitrogen and oxygen atoms in total. The van der Waals surface area contributed by atoms with Crippen molar-refractivity contribution in [3.63, 3.8) is 0 Å². The van der Waals surface area contributed by atoms with Crippen molar-refractivity contribution in [2.24, 2.45) is 0 Å². The first-order chi connectivity index (χ1) is 11.7. The molecule has 0 aliphatic heterocycles. The number of benzene rings is 1. The van der Waals surface area contributed by atoms with Crippen LogP contribution in [0.1, 0.15) is 5.56 Å². The number of nitrogens with zero attached hydrogens (tertiary/aromatic N) is 5. The predicted octanol–water partition coefficient (Wildman–Crippen LogP) is 1.39. The molecule has 0 bridgehead atoms. The highest BCUT2D eigenvalue weighted by Crippen LogP contribution is 2.11. The lowest BCUT2D eigenvalue weighted by Gasteiger charge is -2.08. The summed E-state index contributed by atoms with van der Waals surface area (Å²) in [7, 11) is 1.61. The van der Waals surface area contributed by atoms with Crippen molar-refractivity contribution in [3.05, 3.63) is 54.9 Å². The van der Waals surface area contributed by atoms with Crippen LogP contribution in [-0.4, -0.2) is 37.9 Å². The molecule has 2 heterocycles. The summed E-state index contributed by atoms with van der Waals surface area (Å²) in [5, 5.41) is 9.38. The van der Waals surface area contributed by atoms with Crippen molar-refractivity contribution >= 4 is 11.8 Å². The third-order valence-electron chi connectivity index (χ3n) is 3.16. The van der Waals surface area contributed by atoms with Gasteiger partial charge in [-0.3, -0.25) is 5.32 Å². The molecule has 2 N–H and O–H groups in total. The first-order valence-electron chi connectivity index (χ1n) is 7.09. The first kappa shape index (κ1) is 15.4. The summed E-state index contributed by atoms with van der Waals surface area (Å²) in [6, 6.07) is 8.67. The highest BCUT2D eigenvalue weighted by atomic mass is 16.5. The van der Waals surface area contributed by atoms with Gasteiger partial charge in [-0.25, -0.2) is 24.4 Å². The third kappa shape index (κ3) is 3.83. The van der Waals surface area contributed by atoms with Crippen LogP contribution in [0.25, 0.3) is 5.82 Å². The van der Waals surface area contributed by atoms with Gasteiger partial charge in [0.2, 0.25) is 0 Å². The molecule has 122 valence electrons. The fourth-order valence-corrected chi connectivity index (χ4v) is 1.95. The van der Waals surface area contributed by atoms with Gasteiger partial charge in [-0.15, -0.1) is 0 Å². The average Bonchev–Trinajstić information content (AvgIpc) is 3.15. The van der Waals surface area contributed by atoms with Gasteiger partial charge in [-0.2, -0.15) is 5.10 Å². The maximum absolute atomic E-state index is 12.0. The van der Waals surface area contributed by atoms with E-state index < -0.39 is 0 Å². The molecule has 3 rings (SSSR count). The molecule has 2 aromatic heterocycles. The summed E-state index contributed by atoms with van der Waals surface area (Å²) in [5.74, 6) is 1.64. The Labute approximate surface area is 137 Å². The lowest BCUT2D eigenvalue weighted by Crippen LogP contribution is -2.28. The van der Waals surface area contributed by atoms with E-state index in [1.54, 1.807) is 13.2 Å². The molecule has 9 heteroatoms. The van der Waals surface area contributed by atoms with E-state index in [9.17, 15) is 4.79 Å². The van der Waals surface area contributed by atoms with Crippen molar-refractivity contribution in [2.75, 3.05) is 12.4 Å². The minimum Gasteiger partial charge on any atom is -0.497 e. The molecule has 0 aliphatic carbocycles. The van der Waals surface area contributed by atoms with E-state index >= 15 is 0 Å². The van der Waals surface area contributed by atoms with E-state index in [2.05, 4.69) is 30.7 Å². The summed E-state index contributed by atoms with van der Waals surface area (Å²) in [5.41, 5.74) is 0.956. The van der Waals surface area contributed by atoms with Crippen LogP contribution < -0.4 is 15.4 Å². The van der Waals surface area contributed by atoms with Crippen molar-refractivity contribution in [1.82, 2.24) is 30.0 Å². The van der Waals surface area contributed by atoms with Crippen molar-refractivity contribution in [1.29, 1.82) is 0 Å². The normalized spacial score (nSPS) is 10.2. The highest BCUT2D eigenvalue weighted by molar-refractivity contribution is 5.88. The van der Waals surface area contributed by atoms with E-state index in [4.69, 9.17) is 4.74 Å². The Kier molecular flexibility index (Phi) is 4.61. The number of hydrogen-bond acceptors (Lipinski definition) is 6. The quantitative estimate of drug-likeness (QED) is 0.734. The summed E-state index contributed by atoms with van der Waals surface area (Å²) < 4.78 is 6.56. The van der Waals surface area contributed by atoms with Gasteiger partial charge in [0.15, 0.2) is 5.82 Å². The van der Waals surface area contributed by atoms with E-state index in [1.165, 1.54) is 23.7 Å². The molecule has 0 atom stereocenters. The van der Waals surface area contributed by atoms with Crippen LogP contribution in [0.4, 0.5) is 10.6 Å². The van der Waals surface area contributed by atoms with Crippen LogP contribution in [0, 0.1) is 0 Å². The number of nitrogens with one attached hydrogen (secondary N) is 2. The number of rotatable bonds is 5. The Morgan fingerprint density at radius 3 is 2.75 bits per heavy atom. The Hall–Kier alpha value is -3.49. The molecule has 0 saturated heterocycles. The zero-order valence-corrected chi connectivity index (χ0v) is 12.9. The van der Waals surface area contributed by atoms with Crippen molar-refractivity contribution in [2.45, 2.75) is 6.54 Å². The number of carbonyl (C=O) groups excluding carboxylic acids is 1. The lowest BCUT2D eigenvalue weighted by molar-refractivity contribution is 0.251. The molecular weight excluding hydrogens is 310 g/mol. The van der Waals surface area contributed by atoms with E-state index in [0.29, 0.717) is 18.2 Å². The van der Waals surface area contributed by atoms with Crippen LogP contribution in [0.2, 0.25) is 0 Å². The lowest BCUT2D eigenvalue weighted by atomic mass is 10.2. The number of aromatic nitrogens is 5. The largest absolute Gasteiger partial charge is 0.497 e. The Morgan fingerprint density at radius 2 is 2.04 bits per heavy atom. The van der Waals surface area contributed by atoms with Gasteiger partial charge < -0.3 is 10.1 Å². The van der Waals surface area contributed by atoms with Gasteiger partial charge in [0.1, 0.15) is 30.5 Å². The van der Waals surface area contributed by atoms with Crippen LogP contribution in [0.15, 0.2) is 49.3 Å². The number of amides is 2. The SMILES string of the molecule is COc1ccc(CNC(=O)Nc2cc(-n3cncn3)ncn2)cc1. The van der Waals surface area contributed by atoms with Gasteiger partial charge in [0.05, 0.1) is 7.11 Å². The van der Waals surface area contributed by atoms with E-state index in [-0.39, 0.29) is 6.03 Å². The average molecular weight is 325 g/mol. The zero-order chi connectivity index (χ0) is 16.8. The number of anilines is 1. The van der Waals surface area contributed by atoms with Crippen LogP contribution in [0.5, 0.6) is 5.75 Å². The van der Waals surface area contributed by atoms with Crippen LogP contribution >= 0.6 is 0 Å². The molecule has 1 aromatic carbocycles. The molecular formula is C15H15N7O2. The van der Waals surface area contributed by atoms with Crippen LogP contribution in [-0.2, 0) is 6.54 Å². The van der Waals surface area contributed by atoms with E-state index in [1.807, 2.05) is 24.3 Å². The van der Waals surface area contributed by atoms with E-state index in [0.717, 1.165) is 11.3 Å². The predicted molar refractivity (Wildman–Crippen MR) is 85.8 cm³/mol. The Balaban J connectivity index is 1.57. The first-order valence-corrected chi connectivity index (χ1v) is 7.09. The molecule has 24 heavy (non-hydrogen) atoms. The molecule has 0 aliphatic rings. The standard InChI is InChI=1S/C15H15N7O2/c1-24-12-4-2-11(3-5-12)7-17-15(23)21-13-6-14(19-9-18-13)22-10-16-8-20-22/h2-6,8-10H,7H2,1H3,(H2,17,18,19,21,23). The molecule has 0 fully saturated rings. The number of ether oxygens (including phenoxy) is 1. The fourth-order valence-electron chi connectivity index (χ4n) is 1.95. The van der Waals surface area contributed by atoms with Gasteiger partial charge in [0.25, 0.3) is 0 Å². The Morgan fingerprint density at radius 1 is 1.21 bits per heavy atom. The number of methoxy groups -OCH3 is 1. The summed E-state index contributed by atoms with van der Waals surface area (Å²) in [6.07, 6.45) is 4.25. The number of urea groups is 1. The van der Waals surface area contributed by atoms with Crippen LogP contribution in [0.3, 0.4) is 0 Å². The summed E-state index contributed by atoms with van der Waals surface area (Å²) in [4.78, 5) is 23.9. The molecule has 0 radical (unpaired) electrons. The minimum absolute atomic E-state index is 0.364. The second-order valence-electron chi connectivity index (χ2n) is 4.76. The maximum Gasteiger partial charge on any atom is 0.320 e. The van der Waals surface area contributed by atoms with Gasteiger partial charge in [-0.1, -0.05) is 12.1 Å². The maximum atomic E-state index is 12.0. The molecule has 0 spiro atoms. The third-order valence-corrected chi connectivity index (χ3v) is 3.16. The second-order valence-corrected chi connectivity index (χ2v) is 4.76. The Bertz CT molecular complexity index is 803. The molecule has 2 amide bonds. The van der Waals surface area contributed by atoms with Gasteiger partial charge >= 0.3 is 6.03 Å². The number of hydrogen-bond donors (Lipinski definition) is 2. The zero-order valence-electron chi connectivity index (χ0n) is 12.9. The number of carbonyl (C=O) groups is 1. The molecule has 3 aromatic rings.